The zero-order valence-electron chi connectivity index (χ0n) is 17.3. The highest BCUT2D eigenvalue weighted by Crippen LogP contribution is 2.23. The summed E-state index contributed by atoms with van der Waals surface area (Å²) in [5.41, 5.74) is 2.77. The molecule has 2 aromatic rings. The van der Waals surface area contributed by atoms with Gasteiger partial charge < -0.3 is 10.2 Å². The van der Waals surface area contributed by atoms with Gasteiger partial charge in [0.15, 0.2) is 0 Å². The van der Waals surface area contributed by atoms with Gasteiger partial charge in [-0.1, -0.05) is 72.9 Å². The van der Waals surface area contributed by atoms with Crippen LogP contribution in [0, 0.1) is 12.8 Å². The molecule has 0 bridgehead atoms. The number of hydrogen-bond donors (Lipinski definition) is 1. The van der Waals surface area contributed by atoms with Gasteiger partial charge in [-0.25, -0.2) is 0 Å². The number of carbonyl (C=O) groups is 2. The van der Waals surface area contributed by atoms with Crippen LogP contribution in [0.3, 0.4) is 0 Å². The Morgan fingerprint density at radius 3 is 2.41 bits per heavy atom. The number of benzene rings is 2. The fourth-order valence-electron chi connectivity index (χ4n) is 2.97. The maximum atomic E-state index is 13.2. The molecule has 29 heavy (non-hydrogen) atoms. The summed E-state index contributed by atoms with van der Waals surface area (Å²) < 4.78 is 0. The lowest BCUT2D eigenvalue weighted by Crippen LogP contribution is -2.48. The van der Waals surface area contributed by atoms with Crippen LogP contribution in [0.25, 0.3) is 0 Å². The van der Waals surface area contributed by atoms with Crippen molar-refractivity contribution in [2.24, 2.45) is 5.92 Å². The predicted octanol–water partition coefficient (Wildman–Crippen LogP) is 5.03. The van der Waals surface area contributed by atoms with Crippen molar-refractivity contribution in [3.05, 3.63) is 69.2 Å². The lowest BCUT2D eigenvalue weighted by atomic mass is 10.1. The summed E-state index contributed by atoms with van der Waals surface area (Å²) in [7, 11) is 0. The highest BCUT2D eigenvalue weighted by molar-refractivity contribution is 6.35. The molecule has 1 N–H and O–H groups in total. The molecule has 0 saturated carbocycles. The number of rotatable bonds is 8. The lowest BCUT2D eigenvalue weighted by molar-refractivity contribution is -0.140. The first-order valence-corrected chi connectivity index (χ1v) is 10.5. The summed E-state index contributed by atoms with van der Waals surface area (Å²) in [5, 5.41) is 3.88. The van der Waals surface area contributed by atoms with Crippen LogP contribution >= 0.6 is 23.2 Å². The Morgan fingerprint density at radius 2 is 1.79 bits per heavy atom. The minimum absolute atomic E-state index is 0.101. The Hall–Kier alpha value is -2.04. The molecule has 2 rings (SSSR count). The van der Waals surface area contributed by atoms with E-state index in [0.717, 1.165) is 11.1 Å². The van der Waals surface area contributed by atoms with Crippen LogP contribution in [0.15, 0.2) is 42.5 Å². The largest absolute Gasteiger partial charge is 0.354 e. The molecule has 0 aliphatic heterocycles. The maximum absolute atomic E-state index is 13.2. The molecule has 0 spiro atoms. The number of nitrogens with one attached hydrogen (secondary N) is 1. The smallest absolute Gasteiger partial charge is 0.242 e. The van der Waals surface area contributed by atoms with Crippen LogP contribution in [0.1, 0.15) is 37.5 Å². The zero-order chi connectivity index (χ0) is 21.6. The van der Waals surface area contributed by atoms with Gasteiger partial charge in [0.2, 0.25) is 11.8 Å². The first-order valence-electron chi connectivity index (χ1n) is 9.74. The summed E-state index contributed by atoms with van der Waals surface area (Å²) >= 11 is 12.2. The summed E-state index contributed by atoms with van der Waals surface area (Å²) in [5.74, 6) is 0.00443. The second-order valence-electron chi connectivity index (χ2n) is 7.74. The number of nitrogens with zero attached hydrogens (tertiary/aromatic N) is 1. The Balaban J connectivity index is 2.24. The Labute approximate surface area is 183 Å². The van der Waals surface area contributed by atoms with E-state index in [9.17, 15) is 9.59 Å². The zero-order valence-corrected chi connectivity index (χ0v) is 18.8. The van der Waals surface area contributed by atoms with Crippen molar-refractivity contribution < 1.29 is 9.59 Å². The minimum Gasteiger partial charge on any atom is -0.354 e. The van der Waals surface area contributed by atoms with E-state index in [2.05, 4.69) is 5.32 Å². The lowest BCUT2D eigenvalue weighted by Gasteiger charge is -2.29. The first kappa shape index (κ1) is 23.2. The molecule has 0 radical (unpaired) electrons. The van der Waals surface area contributed by atoms with Crippen molar-refractivity contribution in [1.82, 2.24) is 10.2 Å². The maximum Gasteiger partial charge on any atom is 0.242 e. The molecule has 0 heterocycles. The highest BCUT2D eigenvalue weighted by Gasteiger charge is 2.26. The molecule has 1 atom stereocenters. The van der Waals surface area contributed by atoms with E-state index < -0.39 is 6.04 Å². The topological polar surface area (TPSA) is 49.4 Å². The van der Waals surface area contributed by atoms with Gasteiger partial charge >= 0.3 is 0 Å². The summed E-state index contributed by atoms with van der Waals surface area (Å²) in [6.07, 6.45) is 0.101. The quantitative estimate of drug-likeness (QED) is 0.632. The molecule has 156 valence electrons. The molecule has 0 fully saturated rings. The highest BCUT2D eigenvalue weighted by atomic mass is 35.5. The molecule has 0 aliphatic carbocycles. The molecule has 6 heteroatoms. The van der Waals surface area contributed by atoms with Crippen molar-refractivity contribution in [1.29, 1.82) is 0 Å². The van der Waals surface area contributed by atoms with E-state index >= 15 is 0 Å². The molecular weight excluding hydrogens is 407 g/mol. The van der Waals surface area contributed by atoms with Gasteiger partial charge in [0, 0.05) is 23.1 Å². The molecule has 2 amide bonds. The van der Waals surface area contributed by atoms with Gasteiger partial charge in [0.25, 0.3) is 0 Å². The average molecular weight is 435 g/mol. The van der Waals surface area contributed by atoms with Crippen molar-refractivity contribution >= 4 is 35.0 Å². The van der Waals surface area contributed by atoms with Crippen LogP contribution < -0.4 is 5.32 Å². The predicted molar refractivity (Wildman–Crippen MR) is 119 cm³/mol. The number of carbonyl (C=O) groups excluding carboxylic acids is 2. The second-order valence-corrected chi connectivity index (χ2v) is 8.58. The van der Waals surface area contributed by atoms with Crippen LogP contribution in [0.2, 0.25) is 10.0 Å². The Bertz CT molecular complexity index is 868. The minimum atomic E-state index is -0.604. The summed E-state index contributed by atoms with van der Waals surface area (Å²) in [4.78, 5) is 27.4. The van der Waals surface area contributed by atoms with Gasteiger partial charge in [0.1, 0.15) is 6.04 Å². The fraction of sp³-hybridized carbons (Fsp3) is 0.391. The van der Waals surface area contributed by atoms with E-state index in [1.54, 1.807) is 30.0 Å². The molecule has 4 nitrogen and oxygen atoms in total. The third-order valence-electron chi connectivity index (χ3n) is 4.64. The van der Waals surface area contributed by atoms with Gasteiger partial charge in [-0.15, -0.1) is 0 Å². The van der Waals surface area contributed by atoms with E-state index in [-0.39, 0.29) is 18.2 Å². The van der Waals surface area contributed by atoms with Crippen LogP contribution in [0.5, 0.6) is 0 Å². The van der Waals surface area contributed by atoms with Gasteiger partial charge in [-0.3, -0.25) is 9.59 Å². The molecule has 0 aromatic heterocycles. The van der Waals surface area contributed by atoms with E-state index in [0.29, 0.717) is 34.6 Å². The van der Waals surface area contributed by atoms with Crippen molar-refractivity contribution in [3.8, 4) is 0 Å². The van der Waals surface area contributed by atoms with E-state index in [1.165, 1.54) is 0 Å². The molecule has 0 unspecified atom stereocenters. The monoisotopic (exact) mass is 434 g/mol. The summed E-state index contributed by atoms with van der Waals surface area (Å²) in [6, 6.07) is 12.4. The number of amides is 2. The number of hydrogen-bond acceptors (Lipinski definition) is 2. The normalized spacial score (nSPS) is 12.0. The van der Waals surface area contributed by atoms with Crippen molar-refractivity contribution in [2.75, 3.05) is 6.54 Å². The van der Waals surface area contributed by atoms with Crippen LogP contribution in [-0.2, 0) is 22.6 Å². The van der Waals surface area contributed by atoms with Gasteiger partial charge in [-0.2, -0.15) is 0 Å². The van der Waals surface area contributed by atoms with E-state index in [1.807, 2.05) is 45.0 Å². The molecular formula is C23H28Cl2N2O2. The van der Waals surface area contributed by atoms with Crippen molar-refractivity contribution in [2.45, 2.75) is 46.7 Å². The third-order valence-corrected chi connectivity index (χ3v) is 5.23. The third kappa shape index (κ3) is 7.06. The first-order chi connectivity index (χ1) is 13.7. The Morgan fingerprint density at radius 1 is 1.07 bits per heavy atom. The molecule has 0 saturated heterocycles. The second kappa shape index (κ2) is 10.7. The van der Waals surface area contributed by atoms with E-state index in [4.69, 9.17) is 23.2 Å². The van der Waals surface area contributed by atoms with Gasteiger partial charge in [-0.05, 0) is 43.0 Å². The SMILES string of the molecule is Cc1cccc(CN(C(=O)Cc2ccc(Cl)cc2Cl)[C@@H](C)C(=O)NCC(C)C)c1. The number of halogens is 2. The summed E-state index contributed by atoms with van der Waals surface area (Å²) in [6.45, 7) is 8.74. The van der Waals surface area contributed by atoms with Gasteiger partial charge in [0.05, 0.1) is 6.42 Å². The Kier molecular flexibility index (Phi) is 8.54. The van der Waals surface area contributed by atoms with Crippen molar-refractivity contribution in [3.63, 3.8) is 0 Å². The number of aryl methyl sites for hydroxylation is 1. The van der Waals surface area contributed by atoms with Crippen LogP contribution in [-0.4, -0.2) is 29.3 Å². The average Bonchev–Trinajstić information content (AvgIpc) is 2.65. The fourth-order valence-corrected chi connectivity index (χ4v) is 3.45. The van der Waals surface area contributed by atoms with Crippen LogP contribution in [0.4, 0.5) is 0 Å². The molecule has 2 aromatic carbocycles. The molecule has 0 aliphatic rings. The standard InChI is InChI=1S/C23H28Cl2N2O2/c1-15(2)13-26-23(29)17(4)27(14-18-7-5-6-16(3)10-18)22(28)11-19-8-9-20(24)12-21(19)25/h5-10,12,15,17H,11,13-14H2,1-4H3,(H,26,29)/t17-/m0/s1.